The van der Waals surface area contributed by atoms with Crippen LogP contribution in [0, 0.1) is 0 Å². The van der Waals surface area contributed by atoms with Gasteiger partial charge in [0.1, 0.15) is 0 Å². The average Bonchev–Trinajstić information content (AvgIpc) is 2.49. The van der Waals surface area contributed by atoms with Crippen LogP contribution in [0.3, 0.4) is 0 Å². The Morgan fingerprint density at radius 2 is 1.60 bits per heavy atom. The van der Waals surface area contributed by atoms with E-state index in [0.29, 0.717) is 11.3 Å². The first kappa shape index (κ1) is 14.1. The molecular formula is C15H14N2O2S. The molecule has 2 aromatic rings. The van der Waals surface area contributed by atoms with Crippen molar-refractivity contribution in [1.29, 1.82) is 0 Å². The van der Waals surface area contributed by atoms with E-state index in [9.17, 15) is 9.59 Å². The van der Waals surface area contributed by atoms with Gasteiger partial charge in [0.2, 0.25) is 0 Å². The van der Waals surface area contributed by atoms with Crippen LogP contribution in [0.2, 0.25) is 0 Å². The molecule has 20 heavy (non-hydrogen) atoms. The molecule has 2 rings (SSSR count). The Morgan fingerprint density at radius 1 is 0.950 bits per heavy atom. The molecule has 5 heteroatoms. The number of rotatable bonds is 3. The van der Waals surface area contributed by atoms with Gasteiger partial charge in [0.25, 0.3) is 5.91 Å². The molecule has 0 saturated carbocycles. The topological polar surface area (TPSA) is 58.2 Å². The van der Waals surface area contributed by atoms with E-state index in [2.05, 4.69) is 10.6 Å². The fraction of sp³-hybridized carbons (Fsp3) is 0.0667. The smallest absolute Gasteiger partial charge is 0.308 e. The summed E-state index contributed by atoms with van der Waals surface area (Å²) in [6.07, 6.45) is 1.98. The number of amides is 3. The summed E-state index contributed by atoms with van der Waals surface area (Å²) in [7, 11) is 0. The van der Waals surface area contributed by atoms with Crippen LogP contribution in [0.25, 0.3) is 0 Å². The predicted octanol–water partition coefficient (Wildman–Crippen LogP) is 3.37. The Balaban J connectivity index is 1.93. The largest absolute Gasteiger partial charge is 0.326 e. The summed E-state index contributed by atoms with van der Waals surface area (Å²) in [5.74, 6) is -0.427. The van der Waals surface area contributed by atoms with E-state index < -0.39 is 11.9 Å². The maximum Gasteiger partial charge on any atom is 0.326 e. The molecule has 0 aromatic heterocycles. The van der Waals surface area contributed by atoms with Gasteiger partial charge in [-0.2, -0.15) is 0 Å². The minimum absolute atomic E-state index is 0.427. The van der Waals surface area contributed by atoms with Crippen molar-refractivity contribution in [2.75, 3.05) is 11.6 Å². The first-order valence-electron chi connectivity index (χ1n) is 6.00. The van der Waals surface area contributed by atoms with E-state index in [1.54, 1.807) is 48.2 Å². The molecule has 0 bridgehead atoms. The molecule has 102 valence electrons. The molecule has 2 N–H and O–H groups in total. The number of imide groups is 1. The zero-order valence-corrected chi connectivity index (χ0v) is 11.7. The number of carbonyl (C=O) groups excluding carboxylic acids is 2. The van der Waals surface area contributed by atoms with Crippen LogP contribution in [0.4, 0.5) is 10.5 Å². The summed E-state index contributed by atoms with van der Waals surface area (Å²) < 4.78 is 0. The van der Waals surface area contributed by atoms with Crippen molar-refractivity contribution in [2.24, 2.45) is 0 Å². The molecule has 0 aliphatic rings. The first-order chi connectivity index (χ1) is 9.69. The van der Waals surface area contributed by atoms with E-state index >= 15 is 0 Å². The number of benzene rings is 2. The molecule has 0 heterocycles. The Kier molecular flexibility index (Phi) is 4.79. The number of carbonyl (C=O) groups is 2. The summed E-state index contributed by atoms with van der Waals surface area (Å²) >= 11 is 1.62. The van der Waals surface area contributed by atoms with Crippen molar-refractivity contribution in [3.63, 3.8) is 0 Å². The molecule has 0 radical (unpaired) electrons. The highest BCUT2D eigenvalue weighted by Gasteiger charge is 2.09. The molecule has 0 fully saturated rings. The quantitative estimate of drug-likeness (QED) is 0.850. The van der Waals surface area contributed by atoms with Crippen LogP contribution in [0.5, 0.6) is 0 Å². The lowest BCUT2D eigenvalue weighted by Gasteiger charge is -2.07. The molecule has 4 nitrogen and oxygen atoms in total. The van der Waals surface area contributed by atoms with Gasteiger partial charge < -0.3 is 5.32 Å². The van der Waals surface area contributed by atoms with Gasteiger partial charge in [-0.1, -0.05) is 18.2 Å². The summed E-state index contributed by atoms with van der Waals surface area (Å²) in [6.45, 7) is 0. The second kappa shape index (κ2) is 6.77. The van der Waals surface area contributed by atoms with Crippen molar-refractivity contribution < 1.29 is 9.59 Å². The highest BCUT2D eigenvalue weighted by atomic mass is 32.2. The third kappa shape index (κ3) is 3.86. The average molecular weight is 286 g/mol. The second-order valence-electron chi connectivity index (χ2n) is 4.00. The Bertz CT molecular complexity index is 597. The van der Waals surface area contributed by atoms with Crippen LogP contribution in [0.1, 0.15) is 10.4 Å². The van der Waals surface area contributed by atoms with E-state index in [-0.39, 0.29) is 0 Å². The van der Waals surface area contributed by atoms with Gasteiger partial charge in [0.05, 0.1) is 0 Å². The molecular weight excluding hydrogens is 272 g/mol. The molecule has 3 amide bonds. The van der Waals surface area contributed by atoms with E-state index in [4.69, 9.17) is 0 Å². The van der Waals surface area contributed by atoms with Crippen molar-refractivity contribution in [3.05, 3.63) is 60.2 Å². The monoisotopic (exact) mass is 286 g/mol. The fourth-order valence-corrected chi connectivity index (χ4v) is 2.01. The van der Waals surface area contributed by atoms with Crippen LogP contribution in [0.15, 0.2) is 59.5 Å². The highest BCUT2D eigenvalue weighted by molar-refractivity contribution is 7.98. The second-order valence-corrected chi connectivity index (χ2v) is 4.88. The Hall–Kier alpha value is -2.27. The minimum Gasteiger partial charge on any atom is -0.308 e. The third-order valence-corrected chi connectivity index (χ3v) is 3.35. The molecule has 0 spiro atoms. The zero-order chi connectivity index (χ0) is 14.4. The number of hydrogen-bond acceptors (Lipinski definition) is 3. The molecule has 0 saturated heterocycles. The maximum atomic E-state index is 11.8. The van der Waals surface area contributed by atoms with Gasteiger partial charge in [-0.25, -0.2) is 4.79 Å². The SMILES string of the molecule is CSc1ccc(NC(=O)NC(=O)c2ccccc2)cc1. The fourth-order valence-electron chi connectivity index (χ4n) is 1.60. The zero-order valence-electron chi connectivity index (χ0n) is 10.9. The molecule has 0 atom stereocenters. The summed E-state index contributed by atoms with van der Waals surface area (Å²) in [5, 5.41) is 4.89. The summed E-state index contributed by atoms with van der Waals surface area (Å²) in [6, 6.07) is 15.4. The van der Waals surface area contributed by atoms with E-state index in [1.165, 1.54) is 0 Å². The number of hydrogen-bond donors (Lipinski definition) is 2. The van der Waals surface area contributed by atoms with Crippen molar-refractivity contribution in [2.45, 2.75) is 4.90 Å². The number of urea groups is 1. The van der Waals surface area contributed by atoms with Gasteiger partial charge in [-0.05, 0) is 42.7 Å². The lowest BCUT2D eigenvalue weighted by Crippen LogP contribution is -2.34. The first-order valence-corrected chi connectivity index (χ1v) is 7.23. The van der Waals surface area contributed by atoms with Crippen molar-refractivity contribution in [3.8, 4) is 0 Å². The normalized spacial score (nSPS) is 9.85. The van der Waals surface area contributed by atoms with Crippen molar-refractivity contribution >= 4 is 29.4 Å². The Morgan fingerprint density at radius 3 is 2.20 bits per heavy atom. The highest BCUT2D eigenvalue weighted by Crippen LogP contribution is 2.17. The number of nitrogens with one attached hydrogen (secondary N) is 2. The summed E-state index contributed by atoms with van der Waals surface area (Å²) in [4.78, 5) is 24.6. The Labute approximate surface area is 121 Å². The molecule has 0 aliphatic carbocycles. The van der Waals surface area contributed by atoms with Crippen LogP contribution < -0.4 is 10.6 Å². The van der Waals surface area contributed by atoms with E-state index in [1.807, 2.05) is 24.5 Å². The van der Waals surface area contributed by atoms with E-state index in [0.717, 1.165) is 4.90 Å². The molecule has 2 aromatic carbocycles. The summed E-state index contributed by atoms with van der Waals surface area (Å²) in [5.41, 5.74) is 1.08. The molecule has 0 unspecified atom stereocenters. The number of thioether (sulfide) groups is 1. The predicted molar refractivity (Wildman–Crippen MR) is 81.1 cm³/mol. The maximum absolute atomic E-state index is 11.8. The third-order valence-electron chi connectivity index (χ3n) is 2.61. The van der Waals surface area contributed by atoms with Gasteiger partial charge in [0.15, 0.2) is 0 Å². The lowest BCUT2D eigenvalue weighted by atomic mass is 10.2. The van der Waals surface area contributed by atoms with Crippen molar-refractivity contribution in [1.82, 2.24) is 5.32 Å². The molecule has 0 aliphatic heterocycles. The van der Waals surface area contributed by atoms with Gasteiger partial charge in [-0.15, -0.1) is 11.8 Å². The lowest BCUT2D eigenvalue weighted by molar-refractivity contribution is 0.0967. The number of anilines is 1. The van der Waals surface area contributed by atoms with Gasteiger partial charge in [-0.3, -0.25) is 10.1 Å². The minimum atomic E-state index is -0.546. The van der Waals surface area contributed by atoms with Crippen LogP contribution in [-0.2, 0) is 0 Å². The van der Waals surface area contributed by atoms with Gasteiger partial charge in [0, 0.05) is 16.1 Å². The van der Waals surface area contributed by atoms with Crippen LogP contribution >= 0.6 is 11.8 Å². The standard InChI is InChI=1S/C15H14N2O2S/c1-20-13-9-7-12(8-10-13)16-15(19)17-14(18)11-5-3-2-4-6-11/h2-10H,1H3,(H2,16,17,18,19). The van der Waals surface area contributed by atoms with Gasteiger partial charge >= 0.3 is 6.03 Å². The van der Waals surface area contributed by atoms with Crippen LogP contribution in [-0.4, -0.2) is 18.2 Å².